The van der Waals surface area contributed by atoms with E-state index in [1.165, 1.54) is 0 Å². The second-order valence-corrected chi connectivity index (χ2v) is 3.14. The van der Waals surface area contributed by atoms with Crippen molar-refractivity contribution in [1.82, 2.24) is 0 Å². The van der Waals surface area contributed by atoms with Crippen LogP contribution in [0.3, 0.4) is 0 Å². The normalized spacial score (nSPS) is 46.0. The van der Waals surface area contributed by atoms with Crippen molar-refractivity contribution < 1.29 is 20.1 Å². The lowest BCUT2D eigenvalue weighted by Gasteiger charge is -2.37. The molecule has 3 N–H and O–H groups in total. The molecule has 1 fully saturated rings. The number of nitrogens with zero attached hydrogens (tertiary/aromatic N) is 1. The van der Waals surface area contributed by atoms with Gasteiger partial charge in [-0.3, -0.25) is 0 Å². The van der Waals surface area contributed by atoms with Gasteiger partial charge in [0.2, 0.25) is 0 Å². The van der Waals surface area contributed by atoms with Gasteiger partial charge in [-0.1, -0.05) is 5.18 Å². The van der Waals surface area contributed by atoms with Gasteiger partial charge in [-0.25, -0.2) is 0 Å². The van der Waals surface area contributed by atoms with Gasteiger partial charge in [0.05, 0.1) is 12.7 Å². The highest BCUT2D eigenvalue weighted by molar-refractivity contribution is 4.94. The van der Waals surface area contributed by atoms with Crippen LogP contribution in [-0.2, 0) is 4.74 Å². The summed E-state index contributed by atoms with van der Waals surface area (Å²) < 4.78 is 5.04. The second-order valence-electron chi connectivity index (χ2n) is 3.14. The number of hydrogen-bond acceptors (Lipinski definition) is 6. The first-order valence-corrected chi connectivity index (χ1v) is 4.06. The molecular weight excluding hydrogens is 178 g/mol. The molecule has 0 aromatic heterocycles. The van der Waals surface area contributed by atoms with Crippen LogP contribution < -0.4 is 0 Å². The predicted octanol–water partition coefficient (Wildman–Crippen LogP) is -1.38. The van der Waals surface area contributed by atoms with Gasteiger partial charge in [0.25, 0.3) is 0 Å². The van der Waals surface area contributed by atoms with Crippen LogP contribution >= 0.6 is 0 Å². The van der Waals surface area contributed by atoms with Crippen molar-refractivity contribution in [3.63, 3.8) is 0 Å². The quantitative estimate of drug-likeness (QED) is 0.467. The number of aliphatic hydroxyl groups excluding tert-OH is 3. The van der Waals surface area contributed by atoms with Crippen LogP contribution in [0.4, 0.5) is 0 Å². The smallest absolute Gasteiger partial charge is 0.149 e. The Morgan fingerprint density at radius 1 is 1.38 bits per heavy atom. The van der Waals surface area contributed by atoms with Gasteiger partial charge in [-0.05, 0) is 6.92 Å². The van der Waals surface area contributed by atoms with E-state index in [4.69, 9.17) is 9.84 Å². The highest BCUT2D eigenvalue weighted by Crippen LogP contribution is 2.22. The number of rotatable bonds is 2. The molecule has 13 heavy (non-hydrogen) atoms. The number of aliphatic hydroxyl groups is 3. The summed E-state index contributed by atoms with van der Waals surface area (Å²) in [5.74, 6) is 0. The molecule has 1 unspecified atom stereocenters. The van der Waals surface area contributed by atoms with Crippen LogP contribution in [0.15, 0.2) is 5.18 Å². The molecule has 0 bridgehead atoms. The van der Waals surface area contributed by atoms with Gasteiger partial charge < -0.3 is 20.1 Å². The molecule has 1 rings (SSSR count). The molecule has 6 nitrogen and oxygen atoms in total. The van der Waals surface area contributed by atoms with Gasteiger partial charge in [-0.15, -0.1) is 0 Å². The van der Waals surface area contributed by atoms with Crippen molar-refractivity contribution in [2.24, 2.45) is 5.18 Å². The Kier molecular flexibility index (Phi) is 3.32. The lowest BCUT2D eigenvalue weighted by molar-refractivity contribution is -0.182. The highest BCUT2D eigenvalue weighted by atomic mass is 16.5. The maximum absolute atomic E-state index is 10.3. The summed E-state index contributed by atoms with van der Waals surface area (Å²) in [4.78, 5) is 10.3. The van der Waals surface area contributed by atoms with E-state index >= 15 is 0 Å². The van der Waals surface area contributed by atoms with Crippen molar-refractivity contribution in [2.75, 3.05) is 6.61 Å². The summed E-state index contributed by atoms with van der Waals surface area (Å²) in [5.41, 5.74) is 0. The molecule has 76 valence electrons. The molecule has 0 radical (unpaired) electrons. The molecule has 0 aromatic rings. The van der Waals surface area contributed by atoms with Crippen molar-refractivity contribution >= 4 is 0 Å². The monoisotopic (exact) mass is 191 g/mol. The van der Waals surface area contributed by atoms with Crippen LogP contribution in [-0.4, -0.2) is 52.4 Å². The number of hydrogen-bond donors (Lipinski definition) is 3. The largest absolute Gasteiger partial charge is 0.394 e. The molecule has 0 aliphatic carbocycles. The summed E-state index contributed by atoms with van der Waals surface area (Å²) in [6.45, 7) is 1.15. The molecule has 0 spiro atoms. The fraction of sp³-hybridized carbons (Fsp3) is 1.00. The summed E-state index contributed by atoms with van der Waals surface area (Å²) in [5, 5.41) is 30.1. The zero-order valence-electron chi connectivity index (χ0n) is 7.20. The SMILES string of the molecule is CC1O[C@H](CO)[C@@H](O)[C@H](N=O)[C@H]1O. The van der Waals surface area contributed by atoms with Crippen LogP contribution in [0.2, 0.25) is 0 Å². The van der Waals surface area contributed by atoms with E-state index in [1.807, 2.05) is 0 Å². The van der Waals surface area contributed by atoms with E-state index in [-0.39, 0.29) is 0 Å². The van der Waals surface area contributed by atoms with Crippen LogP contribution in [0, 0.1) is 4.91 Å². The molecule has 1 saturated heterocycles. The van der Waals surface area contributed by atoms with Gasteiger partial charge in [0.15, 0.2) is 0 Å². The van der Waals surface area contributed by atoms with E-state index < -0.39 is 37.1 Å². The predicted molar refractivity (Wildman–Crippen MR) is 43.0 cm³/mol. The number of ether oxygens (including phenoxy) is 1. The molecular formula is C7H13NO5. The van der Waals surface area contributed by atoms with Crippen molar-refractivity contribution in [2.45, 2.75) is 37.4 Å². The third kappa shape index (κ3) is 1.86. The molecule has 0 aromatic carbocycles. The average molecular weight is 191 g/mol. The minimum absolute atomic E-state index is 0.399. The van der Waals surface area contributed by atoms with Gasteiger partial charge >= 0.3 is 0 Å². The highest BCUT2D eigenvalue weighted by Gasteiger charge is 2.43. The molecule has 0 amide bonds. The van der Waals surface area contributed by atoms with E-state index in [1.54, 1.807) is 6.92 Å². The number of nitroso groups, excluding NO2 is 1. The van der Waals surface area contributed by atoms with E-state index in [0.717, 1.165) is 0 Å². The Balaban J connectivity index is 2.74. The fourth-order valence-corrected chi connectivity index (χ4v) is 1.41. The standard InChI is InChI=1S/C7H13NO5/c1-3-6(10)5(8-12)7(11)4(2-9)13-3/h3-7,9-11H,2H2,1H3/t3?,4-,5-,6+,7-/m1/s1. The average Bonchev–Trinajstić information content (AvgIpc) is 2.12. The lowest BCUT2D eigenvalue weighted by atomic mass is 9.94. The Morgan fingerprint density at radius 2 is 2.00 bits per heavy atom. The Morgan fingerprint density at radius 3 is 2.46 bits per heavy atom. The maximum Gasteiger partial charge on any atom is 0.149 e. The van der Waals surface area contributed by atoms with E-state index in [0.29, 0.717) is 0 Å². The summed E-state index contributed by atoms with van der Waals surface area (Å²) in [6, 6.07) is -1.12. The Labute approximate surface area is 75.1 Å². The molecule has 0 saturated carbocycles. The first-order chi connectivity index (χ1) is 6.11. The van der Waals surface area contributed by atoms with Crippen molar-refractivity contribution in [3.8, 4) is 0 Å². The Hall–Kier alpha value is -0.560. The third-order valence-electron chi connectivity index (χ3n) is 2.25. The minimum Gasteiger partial charge on any atom is -0.394 e. The van der Waals surface area contributed by atoms with Crippen LogP contribution in [0.5, 0.6) is 0 Å². The summed E-state index contributed by atoms with van der Waals surface area (Å²) in [6.07, 6.45) is -3.81. The molecule has 1 aliphatic rings. The van der Waals surface area contributed by atoms with Gasteiger partial charge in [0.1, 0.15) is 24.4 Å². The summed E-state index contributed by atoms with van der Waals surface area (Å²) >= 11 is 0. The topological polar surface area (TPSA) is 99.4 Å². The zero-order valence-corrected chi connectivity index (χ0v) is 7.20. The van der Waals surface area contributed by atoms with E-state index in [9.17, 15) is 15.1 Å². The molecule has 1 aliphatic heterocycles. The van der Waals surface area contributed by atoms with Crippen LogP contribution in [0.25, 0.3) is 0 Å². The Bertz CT molecular complexity index is 188. The van der Waals surface area contributed by atoms with E-state index in [2.05, 4.69) is 5.18 Å². The third-order valence-corrected chi connectivity index (χ3v) is 2.25. The second kappa shape index (κ2) is 4.10. The minimum atomic E-state index is -1.24. The molecule has 1 heterocycles. The first-order valence-electron chi connectivity index (χ1n) is 4.06. The molecule has 6 heteroatoms. The van der Waals surface area contributed by atoms with Gasteiger partial charge in [-0.2, -0.15) is 4.91 Å². The summed E-state index contributed by atoms with van der Waals surface area (Å²) in [7, 11) is 0. The fourth-order valence-electron chi connectivity index (χ4n) is 1.41. The van der Waals surface area contributed by atoms with Crippen molar-refractivity contribution in [1.29, 1.82) is 0 Å². The molecule has 5 atom stereocenters. The first kappa shape index (κ1) is 10.5. The lowest BCUT2D eigenvalue weighted by Crippen LogP contribution is -2.56. The van der Waals surface area contributed by atoms with Crippen LogP contribution in [0.1, 0.15) is 6.92 Å². The van der Waals surface area contributed by atoms with Gasteiger partial charge in [0, 0.05) is 0 Å². The zero-order chi connectivity index (χ0) is 10.0. The van der Waals surface area contributed by atoms with Crippen molar-refractivity contribution in [3.05, 3.63) is 4.91 Å². The maximum atomic E-state index is 10.3.